The summed E-state index contributed by atoms with van der Waals surface area (Å²) in [5.41, 5.74) is 0. The largest absolute Gasteiger partial charge is 0.411 e. The van der Waals surface area contributed by atoms with Crippen LogP contribution in [0, 0.1) is 23.2 Å². The van der Waals surface area contributed by atoms with Crippen LogP contribution in [0.3, 0.4) is 0 Å². The molecule has 1 aliphatic rings. The van der Waals surface area contributed by atoms with E-state index in [0.29, 0.717) is 18.3 Å². The highest BCUT2D eigenvalue weighted by Crippen LogP contribution is 2.37. The van der Waals surface area contributed by atoms with Crippen molar-refractivity contribution in [2.75, 3.05) is 6.61 Å². The van der Waals surface area contributed by atoms with Crippen LogP contribution in [-0.2, 0) is 9.16 Å². The zero-order chi connectivity index (χ0) is 17.0. The second kappa shape index (κ2) is 7.76. The van der Waals surface area contributed by atoms with Crippen molar-refractivity contribution in [1.82, 2.24) is 0 Å². The quantitative estimate of drug-likeness (QED) is 0.515. The summed E-state index contributed by atoms with van der Waals surface area (Å²) in [7, 11) is -1.73. The molecule has 0 aromatic carbocycles. The zero-order valence-corrected chi connectivity index (χ0v) is 16.3. The Hall–Kier alpha value is -0.633. The average Bonchev–Trinajstić information content (AvgIpc) is 2.73. The van der Waals surface area contributed by atoms with Gasteiger partial charge in [-0.1, -0.05) is 39.8 Å². The lowest BCUT2D eigenvalue weighted by atomic mass is 9.88. The molecule has 4 heteroatoms. The van der Waals surface area contributed by atoms with Crippen molar-refractivity contribution < 1.29 is 9.16 Å². The molecule has 1 rings (SSSR count). The first-order valence-electron chi connectivity index (χ1n) is 8.43. The summed E-state index contributed by atoms with van der Waals surface area (Å²) in [6, 6.07) is 2.25. The molecule has 0 spiro atoms. The topological polar surface area (TPSA) is 42.2 Å². The van der Waals surface area contributed by atoms with Crippen molar-refractivity contribution in [2.45, 2.75) is 77.8 Å². The maximum atomic E-state index is 8.80. The molecule has 126 valence electrons. The molecule has 0 radical (unpaired) electrons. The van der Waals surface area contributed by atoms with Gasteiger partial charge in [-0.15, -0.1) is 0 Å². The molecule has 0 aromatic heterocycles. The van der Waals surface area contributed by atoms with Gasteiger partial charge in [0, 0.05) is 6.42 Å². The van der Waals surface area contributed by atoms with E-state index in [2.05, 4.69) is 65.9 Å². The Morgan fingerprint density at radius 1 is 1.41 bits per heavy atom. The number of nitriles is 1. The van der Waals surface area contributed by atoms with E-state index in [1.54, 1.807) is 0 Å². The van der Waals surface area contributed by atoms with Crippen molar-refractivity contribution in [3.8, 4) is 6.07 Å². The smallest absolute Gasteiger partial charge is 0.192 e. The van der Waals surface area contributed by atoms with Crippen molar-refractivity contribution in [2.24, 2.45) is 11.8 Å². The van der Waals surface area contributed by atoms with Gasteiger partial charge >= 0.3 is 0 Å². The normalized spacial score (nSPS) is 28.0. The molecule has 1 aliphatic heterocycles. The molecule has 0 N–H and O–H groups in total. The molecule has 0 bridgehead atoms. The molecule has 0 aliphatic carbocycles. The van der Waals surface area contributed by atoms with Gasteiger partial charge in [-0.2, -0.15) is 5.26 Å². The molecule has 0 aromatic rings. The maximum absolute atomic E-state index is 8.80. The van der Waals surface area contributed by atoms with E-state index < -0.39 is 8.32 Å². The minimum absolute atomic E-state index is 0.108. The Balaban J connectivity index is 2.61. The van der Waals surface area contributed by atoms with Gasteiger partial charge < -0.3 is 9.16 Å². The minimum Gasteiger partial charge on any atom is -0.411 e. The van der Waals surface area contributed by atoms with E-state index >= 15 is 0 Å². The maximum Gasteiger partial charge on any atom is 0.192 e. The van der Waals surface area contributed by atoms with Gasteiger partial charge in [-0.3, -0.25) is 0 Å². The number of hydrogen-bond donors (Lipinski definition) is 0. The Kier molecular flexibility index (Phi) is 6.85. The van der Waals surface area contributed by atoms with Crippen LogP contribution >= 0.6 is 0 Å². The first-order valence-corrected chi connectivity index (χ1v) is 11.3. The molecular formula is C18H33NO2Si. The number of nitrogens with zero attached hydrogens (tertiary/aromatic N) is 1. The van der Waals surface area contributed by atoms with Crippen molar-refractivity contribution >= 4 is 8.32 Å². The first kappa shape index (κ1) is 19.4. The summed E-state index contributed by atoms with van der Waals surface area (Å²) in [5, 5.41) is 9.02. The van der Waals surface area contributed by atoms with Crippen molar-refractivity contribution in [1.29, 1.82) is 5.26 Å². The molecule has 1 fully saturated rings. The highest BCUT2D eigenvalue weighted by atomic mass is 28.4. The Bertz CT molecular complexity index is 420. The molecular weight excluding hydrogens is 290 g/mol. The van der Waals surface area contributed by atoms with E-state index in [9.17, 15) is 0 Å². The summed E-state index contributed by atoms with van der Waals surface area (Å²) in [4.78, 5) is 0. The third-order valence-electron chi connectivity index (χ3n) is 5.15. The van der Waals surface area contributed by atoms with Crippen LogP contribution in [0.5, 0.6) is 0 Å². The number of hydrogen-bond acceptors (Lipinski definition) is 3. The summed E-state index contributed by atoms with van der Waals surface area (Å²) in [6.07, 6.45) is 6.07. The average molecular weight is 324 g/mol. The monoisotopic (exact) mass is 323 g/mol. The lowest BCUT2D eigenvalue weighted by Gasteiger charge is -2.37. The van der Waals surface area contributed by atoms with Gasteiger partial charge in [-0.25, -0.2) is 0 Å². The van der Waals surface area contributed by atoms with Crippen LogP contribution < -0.4 is 0 Å². The van der Waals surface area contributed by atoms with Gasteiger partial charge in [0.05, 0.1) is 24.9 Å². The van der Waals surface area contributed by atoms with Crippen LogP contribution in [0.2, 0.25) is 18.1 Å². The number of ether oxygens (including phenoxy) is 1. The molecule has 4 unspecified atom stereocenters. The summed E-state index contributed by atoms with van der Waals surface area (Å²) in [6.45, 7) is 16.5. The predicted molar refractivity (Wildman–Crippen MR) is 94.1 cm³/mol. The van der Waals surface area contributed by atoms with E-state index in [4.69, 9.17) is 14.4 Å². The molecule has 1 saturated heterocycles. The highest BCUT2D eigenvalue weighted by molar-refractivity contribution is 6.74. The van der Waals surface area contributed by atoms with E-state index in [0.717, 1.165) is 13.0 Å². The summed E-state index contributed by atoms with van der Waals surface area (Å²) < 4.78 is 12.2. The van der Waals surface area contributed by atoms with Gasteiger partial charge in [0.1, 0.15) is 0 Å². The zero-order valence-electron chi connectivity index (χ0n) is 15.3. The second-order valence-electron chi connectivity index (χ2n) is 8.10. The molecule has 4 atom stereocenters. The molecule has 0 saturated carbocycles. The van der Waals surface area contributed by atoms with Crippen LogP contribution in [0.1, 0.15) is 47.5 Å². The molecule has 22 heavy (non-hydrogen) atoms. The lowest BCUT2D eigenvalue weighted by Crippen LogP contribution is -2.42. The Morgan fingerprint density at radius 2 is 2.05 bits per heavy atom. The minimum atomic E-state index is -1.73. The Morgan fingerprint density at radius 3 is 2.59 bits per heavy atom. The standard InChI is InChI=1S/C18H33NO2Si/c1-14-13-20-17(16(14)9-8-12-19)11-10-15(2)21-22(6,7)18(3,4)5/h10-11,14-17H,8-9,13H2,1-7H3/b11-10+. The van der Waals surface area contributed by atoms with Gasteiger partial charge in [0.25, 0.3) is 0 Å². The third kappa shape index (κ3) is 5.22. The molecule has 1 heterocycles. The fourth-order valence-electron chi connectivity index (χ4n) is 2.66. The van der Waals surface area contributed by atoms with Gasteiger partial charge in [-0.05, 0) is 43.3 Å². The first-order chi connectivity index (χ1) is 10.1. The van der Waals surface area contributed by atoms with E-state index in [1.165, 1.54) is 0 Å². The van der Waals surface area contributed by atoms with Crippen LogP contribution in [0.15, 0.2) is 12.2 Å². The van der Waals surface area contributed by atoms with Crippen LogP contribution in [-0.4, -0.2) is 27.1 Å². The highest BCUT2D eigenvalue weighted by Gasteiger charge is 2.38. The van der Waals surface area contributed by atoms with Gasteiger partial charge in [0.15, 0.2) is 8.32 Å². The summed E-state index contributed by atoms with van der Waals surface area (Å²) >= 11 is 0. The molecule has 3 nitrogen and oxygen atoms in total. The van der Waals surface area contributed by atoms with Crippen molar-refractivity contribution in [3.63, 3.8) is 0 Å². The predicted octanol–water partition coefficient (Wildman–Crippen LogP) is 4.91. The molecule has 0 amide bonds. The second-order valence-corrected chi connectivity index (χ2v) is 12.9. The summed E-state index contributed by atoms with van der Waals surface area (Å²) in [5.74, 6) is 0.982. The fourth-order valence-corrected chi connectivity index (χ4v) is 4.02. The van der Waals surface area contributed by atoms with E-state index in [1.807, 2.05) is 0 Å². The van der Waals surface area contributed by atoms with Crippen LogP contribution in [0.4, 0.5) is 0 Å². The third-order valence-corrected chi connectivity index (χ3v) is 9.73. The fraction of sp³-hybridized carbons (Fsp3) is 0.833. The van der Waals surface area contributed by atoms with E-state index in [-0.39, 0.29) is 17.2 Å². The van der Waals surface area contributed by atoms with Crippen LogP contribution in [0.25, 0.3) is 0 Å². The lowest BCUT2D eigenvalue weighted by molar-refractivity contribution is 0.124. The Labute approximate surface area is 137 Å². The van der Waals surface area contributed by atoms with Crippen molar-refractivity contribution in [3.05, 3.63) is 12.2 Å². The number of rotatable bonds is 6. The van der Waals surface area contributed by atoms with Gasteiger partial charge in [0.2, 0.25) is 0 Å². The SMILES string of the molecule is CC(/C=C/C1OCC(C)C1CCC#N)O[Si](C)(C)C(C)(C)C.